The maximum absolute atomic E-state index is 13.9. The standard InChI is InChI=1S/C15H14FNO/c1-10-5-6-12(16)14(9-10)17-8-7-11-13(17)3-2-4-15(11)18/h5-9H,2-4H2,1H3. The smallest absolute Gasteiger partial charge is 0.164 e. The Labute approximate surface area is 105 Å². The predicted octanol–water partition coefficient (Wildman–Crippen LogP) is 3.44. The van der Waals surface area contributed by atoms with Crippen molar-refractivity contribution in [3.63, 3.8) is 0 Å². The summed E-state index contributed by atoms with van der Waals surface area (Å²) in [4.78, 5) is 11.8. The summed E-state index contributed by atoms with van der Waals surface area (Å²) >= 11 is 0. The van der Waals surface area contributed by atoms with Crippen LogP contribution in [0.3, 0.4) is 0 Å². The Morgan fingerprint density at radius 3 is 2.89 bits per heavy atom. The van der Waals surface area contributed by atoms with Gasteiger partial charge < -0.3 is 4.57 Å². The molecule has 0 unspecified atom stereocenters. The van der Waals surface area contributed by atoms with E-state index in [0.29, 0.717) is 12.1 Å². The zero-order valence-electron chi connectivity index (χ0n) is 10.2. The normalized spacial score (nSPS) is 14.7. The van der Waals surface area contributed by atoms with Crippen molar-refractivity contribution in [3.8, 4) is 5.69 Å². The first-order valence-corrected chi connectivity index (χ1v) is 6.17. The third-order valence-corrected chi connectivity index (χ3v) is 3.47. The average molecular weight is 243 g/mol. The number of hydrogen-bond acceptors (Lipinski definition) is 1. The molecule has 1 aromatic carbocycles. The van der Waals surface area contributed by atoms with E-state index in [9.17, 15) is 9.18 Å². The highest BCUT2D eigenvalue weighted by molar-refractivity contribution is 5.98. The summed E-state index contributed by atoms with van der Waals surface area (Å²) in [5.41, 5.74) is 3.24. The summed E-state index contributed by atoms with van der Waals surface area (Å²) in [5.74, 6) is -0.0833. The maximum atomic E-state index is 13.9. The highest BCUT2D eigenvalue weighted by atomic mass is 19.1. The quantitative estimate of drug-likeness (QED) is 0.752. The van der Waals surface area contributed by atoms with Crippen LogP contribution in [0, 0.1) is 12.7 Å². The molecule has 0 aliphatic heterocycles. The molecule has 0 bridgehead atoms. The molecule has 1 aliphatic rings. The summed E-state index contributed by atoms with van der Waals surface area (Å²) < 4.78 is 15.7. The minimum atomic E-state index is -0.253. The predicted molar refractivity (Wildman–Crippen MR) is 67.7 cm³/mol. The van der Waals surface area contributed by atoms with Gasteiger partial charge in [0.2, 0.25) is 0 Å². The fraction of sp³-hybridized carbons (Fsp3) is 0.267. The van der Waals surface area contributed by atoms with Gasteiger partial charge in [0.05, 0.1) is 5.69 Å². The number of hydrogen-bond donors (Lipinski definition) is 0. The number of halogens is 1. The van der Waals surface area contributed by atoms with Crippen molar-refractivity contribution in [2.24, 2.45) is 0 Å². The molecule has 0 saturated carbocycles. The molecule has 3 rings (SSSR count). The van der Waals surface area contributed by atoms with Gasteiger partial charge in [0.15, 0.2) is 5.78 Å². The number of Topliss-reactive ketones (excluding diaryl/α,β-unsaturated/α-hetero) is 1. The minimum Gasteiger partial charge on any atom is -0.317 e. The molecule has 2 aromatic rings. The van der Waals surface area contributed by atoms with Crippen LogP contribution in [0.25, 0.3) is 5.69 Å². The van der Waals surface area contributed by atoms with Crippen molar-refractivity contribution in [2.75, 3.05) is 0 Å². The zero-order chi connectivity index (χ0) is 12.7. The Hall–Kier alpha value is -1.90. The maximum Gasteiger partial charge on any atom is 0.164 e. The number of carbonyl (C=O) groups is 1. The Balaban J connectivity index is 2.18. The Kier molecular flexibility index (Phi) is 2.54. The van der Waals surface area contributed by atoms with Crippen LogP contribution >= 0.6 is 0 Å². The number of ketones is 1. The molecule has 1 aliphatic carbocycles. The number of benzene rings is 1. The van der Waals surface area contributed by atoms with Gasteiger partial charge in [-0.2, -0.15) is 0 Å². The molecule has 0 fully saturated rings. The van der Waals surface area contributed by atoms with Crippen molar-refractivity contribution in [1.82, 2.24) is 4.57 Å². The molecule has 0 amide bonds. The number of carbonyl (C=O) groups excluding carboxylic acids is 1. The lowest BCUT2D eigenvalue weighted by atomic mass is 9.96. The fourth-order valence-electron chi connectivity index (χ4n) is 2.56. The summed E-state index contributed by atoms with van der Waals surface area (Å²) in [6.07, 6.45) is 4.09. The molecular weight excluding hydrogens is 229 g/mol. The minimum absolute atomic E-state index is 0.170. The molecule has 2 nitrogen and oxygen atoms in total. The summed E-state index contributed by atoms with van der Waals surface area (Å²) in [7, 11) is 0. The van der Waals surface area contributed by atoms with Crippen molar-refractivity contribution < 1.29 is 9.18 Å². The van der Waals surface area contributed by atoms with E-state index in [0.717, 1.165) is 29.7 Å². The van der Waals surface area contributed by atoms with Crippen LogP contribution in [-0.2, 0) is 6.42 Å². The topological polar surface area (TPSA) is 22.0 Å². The number of fused-ring (bicyclic) bond motifs is 1. The Morgan fingerprint density at radius 2 is 2.06 bits per heavy atom. The van der Waals surface area contributed by atoms with E-state index in [1.165, 1.54) is 6.07 Å². The number of aryl methyl sites for hydroxylation is 1. The molecule has 1 heterocycles. The first-order valence-electron chi connectivity index (χ1n) is 6.17. The molecule has 0 spiro atoms. The molecule has 0 N–H and O–H groups in total. The number of aromatic nitrogens is 1. The second-order valence-corrected chi connectivity index (χ2v) is 4.78. The number of nitrogens with zero attached hydrogens (tertiary/aromatic N) is 1. The van der Waals surface area contributed by atoms with Gasteiger partial charge in [-0.05, 0) is 43.5 Å². The third kappa shape index (κ3) is 1.67. The molecule has 0 radical (unpaired) electrons. The van der Waals surface area contributed by atoms with E-state index in [-0.39, 0.29) is 11.6 Å². The van der Waals surface area contributed by atoms with E-state index >= 15 is 0 Å². The first kappa shape index (κ1) is 11.2. The van der Waals surface area contributed by atoms with E-state index in [1.54, 1.807) is 18.3 Å². The lowest BCUT2D eigenvalue weighted by molar-refractivity contribution is 0.0972. The van der Waals surface area contributed by atoms with E-state index in [4.69, 9.17) is 0 Å². The zero-order valence-corrected chi connectivity index (χ0v) is 10.2. The third-order valence-electron chi connectivity index (χ3n) is 3.47. The molecule has 92 valence electrons. The Bertz CT molecular complexity index is 627. The SMILES string of the molecule is Cc1ccc(F)c(-n2ccc3c2CCCC3=O)c1. The summed E-state index contributed by atoms with van der Waals surface area (Å²) in [6.45, 7) is 1.93. The summed E-state index contributed by atoms with van der Waals surface area (Å²) in [6, 6.07) is 6.84. The first-order chi connectivity index (χ1) is 8.66. The van der Waals surface area contributed by atoms with Crippen LogP contribution in [0.2, 0.25) is 0 Å². The highest BCUT2D eigenvalue weighted by Crippen LogP contribution is 2.26. The van der Waals surface area contributed by atoms with E-state index in [1.807, 2.05) is 17.6 Å². The van der Waals surface area contributed by atoms with Gasteiger partial charge in [0.1, 0.15) is 5.82 Å². The largest absolute Gasteiger partial charge is 0.317 e. The number of rotatable bonds is 1. The lowest BCUT2D eigenvalue weighted by Gasteiger charge is -2.15. The van der Waals surface area contributed by atoms with Gasteiger partial charge >= 0.3 is 0 Å². The molecule has 1 aromatic heterocycles. The van der Waals surface area contributed by atoms with Crippen LogP contribution in [0.1, 0.15) is 34.5 Å². The van der Waals surface area contributed by atoms with Crippen LogP contribution in [0.5, 0.6) is 0 Å². The lowest BCUT2D eigenvalue weighted by Crippen LogP contribution is -2.12. The van der Waals surface area contributed by atoms with Crippen molar-refractivity contribution in [3.05, 3.63) is 53.1 Å². The monoisotopic (exact) mass is 243 g/mol. The van der Waals surface area contributed by atoms with Gasteiger partial charge in [-0.25, -0.2) is 4.39 Å². The molecule has 18 heavy (non-hydrogen) atoms. The second kappa shape index (κ2) is 4.09. The van der Waals surface area contributed by atoms with Crippen molar-refractivity contribution in [1.29, 1.82) is 0 Å². The van der Waals surface area contributed by atoms with E-state index in [2.05, 4.69) is 0 Å². The average Bonchev–Trinajstić information content (AvgIpc) is 2.77. The van der Waals surface area contributed by atoms with Crippen LogP contribution in [-0.4, -0.2) is 10.4 Å². The van der Waals surface area contributed by atoms with Gasteiger partial charge in [-0.15, -0.1) is 0 Å². The van der Waals surface area contributed by atoms with Crippen molar-refractivity contribution >= 4 is 5.78 Å². The van der Waals surface area contributed by atoms with Gasteiger partial charge in [-0.3, -0.25) is 4.79 Å². The van der Waals surface area contributed by atoms with Crippen LogP contribution < -0.4 is 0 Å². The van der Waals surface area contributed by atoms with Gasteiger partial charge in [-0.1, -0.05) is 6.07 Å². The molecular formula is C15H14FNO. The van der Waals surface area contributed by atoms with E-state index < -0.39 is 0 Å². The second-order valence-electron chi connectivity index (χ2n) is 4.78. The van der Waals surface area contributed by atoms with Gasteiger partial charge in [0, 0.05) is 23.9 Å². The Morgan fingerprint density at radius 1 is 1.22 bits per heavy atom. The molecule has 0 atom stereocenters. The van der Waals surface area contributed by atoms with Crippen LogP contribution in [0.4, 0.5) is 4.39 Å². The molecule has 0 saturated heterocycles. The van der Waals surface area contributed by atoms with Gasteiger partial charge in [0.25, 0.3) is 0 Å². The highest BCUT2D eigenvalue weighted by Gasteiger charge is 2.21. The fourth-order valence-corrected chi connectivity index (χ4v) is 2.56. The molecule has 3 heteroatoms. The summed E-state index contributed by atoms with van der Waals surface area (Å²) in [5, 5.41) is 0. The van der Waals surface area contributed by atoms with Crippen LogP contribution in [0.15, 0.2) is 30.5 Å². The van der Waals surface area contributed by atoms with Crippen molar-refractivity contribution in [2.45, 2.75) is 26.2 Å².